The minimum atomic E-state index is -0.556. The van der Waals surface area contributed by atoms with Crippen LogP contribution in [-0.2, 0) is 0 Å². The highest BCUT2D eigenvalue weighted by Gasteiger charge is 2.32. The van der Waals surface area contributed by atoms with Crippen LogP contribution in [0.15, 0.2) is 24.7 Å². The standard InChI is InChI=1S/C12H15N3O2/c1-9-10(6-13-8-14-9)11(17)15-12(7-16)4-2-3-5-12/h2-3,6,8,16H,4-5,7H2,1H3,(H,15,17). The van der Waals surface area contributed by atoms with E-state index in [1.165, 1.54) is 12.5 Å². The molecule has 1 aliphatic carbocycles. The van der Waals surface area contributed by atoms with Crippen LogP contribution in [0.1, 0.15) is 28.9 Å². The van der Waals surface area contributed by atoms with Crippen molar-refractivity contribution in [1.82, 2.24) is 15.3 Å². The summed E-state index contributed by atoms with van der Waals surface area (Å²) in [6.07, 6.45) is 8.13. The Hall–Kier alpha value is -1.75. The van der Waals surface area contributed by atoms with E-state index < -0.39 is 5.54 Å². The number of aromatic nitrogens is 2. The summed E-state index contributed by atoms with van der Waals surface area (Å²) in [4.78, 5) is 19.9. The molecule has 0 fully saturated rings. The highest BCUT2D eigenvalue weighted by molar-refractivity contribution is 5.95. The Morgan fingerprint density at radius 1 is 1.53 bits per heavy atom. The number of hydrogen-bond donors (Lipinski definition) is 2. The molecule has 2 rings (SSSR count). The highest BCUT2D eigenvalue weighted by atomic mass is 16.3. The van der Waals surface area contributed by atoms with E-state index in [1.54, 1.807) is 6.92 Å². The molecule has 0 saturated carbocycles. The fourth-order valence-corrected chi connectivity index (χ4v) is 1.89. The second-order valence-corrected chi connectivity index (χ2v) is 4.29. The van der Waals surface area contributed by atoms with Gasteiger partial charge in [0.1, 0.15) is 6.33 Å². The molecule has 5 heteroatoms. The molecule has 0 spiro atoms. The Morgan fingerprint density at radius 2 is 2.24 bits per heavy atom. The summed E-state index contributed by atoms with van der Waals surface area (Å²) in [6.45, 7) is 1.69. The van der Waals surface area contributed by atoms with Gasteiger partial charge < -0.3 is 10.4 Å². The van der Waals surface area contributed by atoms with Crippen LogP contribution in [0.3, 0.4) is 0 Å². The predicted octanol–water partition coefficient (Wildman–Crippen LogP) is 0.596. The van der Waals surface area contributed by atoms with Crippen LogP contribution in [-0.4, -0.2) is 33.1 Å². The molecule has 0 unspecified atom stereocenters. The van der Waals surface area contributed by atoms with Gasteiger partial charge in [-0.3, -0.25) is 4.79 Å². The van der Waals surface area contributed by atoms with E-state index in [0.29, 0.717) is 24.1 Å². The van der Waals surface area contributed by atoms with Crippen LogP contribution in [0, 0.1) is 6.92 Å². The zero-order chi connectivity index (χ0) is 12.3. The van der Waals surface area contributed by atoms with Crippen molar-refractivity contribution in [2.24, 2.45) is 0 Å². The number of aliphatic hydroxyl groups is 1. The summed E-state index contributed by atoms with van der Waals surface area (Å²) < 4.78 is 0. The van der Waals surface area contributed by atoms with Crippen LogP contribution in [0.2, 0.25) is 0 Å². The molecule has 1 amide bonds. The van der Waals surface area contributed by atoms with Gasteiger partial charge in [0, 0.05) is 6.20 Å². The average Bonchev–Trinajstić information content (AvgIpc) is 2.79. The van der Waals surface area contributed by atoms with Crippen LogP contribution in [0.5, 0.6) is 0 Å². The molecule has 1 heterocycles. The third-order valence-corrected chi connectivity index (χ3v) is 3.02. The normalized spacial score (nSPS) is 17.1. The van der Waals surface area contributed by atoms with Gasteiger partial charge in [-0.2, -0.15) is 0 Å². The van der Waals surface area contributed by atoms with Crippen LogP contribution in [0.4, 0.5) is 0 Å². The van der Waals surface area contributed by atoms with E-state index in [2.05, 4.69) is 15.3 Å². The van der Waals surface area contributed by atoms with Crippen molar-refractivity contribution < 1.29 is 9.90 Å². The Bertz CT molecular complexity index is 449. The number of nitrogens with zero attached hydrogens (tertiary/aromatic N) is 2. The lowest BCUT2D eigenvalue weighted by Gasteiger charge is -2.28. The predicted molar refractivity (Wildman–Crippen MR) is 62.4 cm³/mol. The number of nitrogens with one attached hydrogen (secondary N) is 1. The topological polar surface area (TPSA) is 75.1 Å². The third-order valence-electron chi connectivity index (χ3n) is 3.02. The molecule has 1 aliphatic rings. The lowest BCUT2D eigenvalue weighted by atomic mass is 9.97. The Labute approximate surface area is 99.6 Å². The van der Waals surface area contributed by atoms with Crippen molar-refractivity contribution in [3.63, 3.8) is 0 Å². The smallest absolute Gasteiger partial charge is 0.255 e. The number of aryl methyl sites for hydroxylation is 1. The number of rotatable bonds is 3. The second-order valence-electron chi connectivity index (χ2n) is 4.29. The van der Waals surface area contributed by atoms with E-state index in [4.69, 9.17) is 0 Å². The number of aliphatic hydroxyl groups excluding tert-OH is 1. The van der Waals surface area contributed by atoms with Crippen molar-refractivity contribution in [2.75, 3.05) is 6.61 Å². The quantitative estimate of drug-likeness (QED) is 0.749. The fraction of sp³-hybridized carbons (Fsp3) is 0.417. The summed E-state index contributed by atoms with van der Waals surface area (Å²) in [5.41, 5.74) is 0.531. The lowest BCUT2D eigenvalue weighted by molar-refractivity contribution is 0.0844. The summed E-state index contributed by atoms with van der Waals surface area (Å²) in [6, 6.07) is 0. The molecule has 1 aromatic heterocycles. The van der Waals surface area contributed by atoms with Crippen LogP contribution < -0.4 is 5.32 Å². The molecule has 5 nitrogen and oxygen atoms in total. The maximum atomic E-state index is 12.1. The highest BCUT2D eigenvalue weighted by Crippen LogP contribution is 2.23. The zero-order valence-corrected chi connectivity index (χ0v) is 9.68. The molecular formula is C12H15N3O2. The molecule has 0 saturated heterocycles. The summed E-state index contributed by atoms with van der Waals surface area (Å²) >= 11 is 0. The Morgan fingerprint density at radius 3 is 2.82 bits per heavy atom. The zero-order valence-electron chi connectivity index (χ0n) is 9.68. The molecule has 0 atom stereocenters. The SMILES string of the molecule is Cc1ncncc1C(=O)NC1(CO)CC=CC1. The fourth-order valence-electron chi connectivity index (χ4n) is 1.89. The summed E-state index contributed by atoms with van der Waals surface area (Å²) in [5, 5.41) is 12.3. The molecule has 90 valence electrons. The number of carbonyl (C=O) groups is 1. The van der Waals surface area contributed by atoms with Crippen LogP contribution in [0.25, 0.3) is 0 Å². The van der Waals surface area contributed by atoms with Gasteiger partial charge in [0.15, 0.2) is 0 Å². The first-order valence-corrected chi connectivity index (χ1v) is 5.52. The molecule has 0 radical (unpaired) electrons. The molecule has 17 heavy (non-hydrogen) atoms. The molecule has 0 aromatic carbocycles. The Balaban J connectivity index is 2.14. The van der Waals surface area contributed by atoms with Gasteiger partial charge in [-0.05, 0) is 19.8 Å². The first-order valence-electron chi connectivity index (χ1n) is 5.52. The largest absolute Gasteiger partial charge is 0.394 e. The van der Waals surface area contributed by atoms with Crippen molar-refractivity contribution in [3.8, 4) is 0 Å². The van der Waals surface area contributed by atoms with Gasteiger partial charge >= 0.3 is 0 Å². The monoisotopic (exact) mass is 233 g/mol. The van der Waals surface area contributed by atoms with E-state index in [9.17, 15) is 9.90 Å². The lowest BCUT2D eigenvalue weighted by Crippen LogP contribution is -2.49. The van der Waals surface area contributed by atoms with Gasteiger partial charge in [-0.1, -0.05) is 12.2 Å². The average molecular weight is 233 g/mol. The van der Waals surface area contributed by atoms with E-state index in [0.717, 1.165) is 0 Å². The first-order chi connectivity index (χ1) is 8.17. The van der Waals surface area contributed by atoms with E-state index >= 15 is 0 Å². The molecule has 1 aromatic rings. The maximum Gasteiger partial charge on any atom is 0.255 e. The molecular weight excluding hydrogens is 218 g/mol. The van der Waals surface area contributed by atoms with Crippen molar-refractivity contribution in [3.05, 3.63) is 35.9 Å². The first kappa shape index (κ1) is 11.7. The van der Waals surface area contributed by atoms with E-state index in [1.807, 2.05) is 12.2 Å². The number of carbonyl (C=O) groups excluding carboxylic acids is 1. The number of amides is 1. The molecule has 2 N–H and O–H groups in total. The van der Waals surface area contributed by atoms with Crippen molar-refractivity contribution in [1.29, 1.82) is 0 Å². The maximum absolute atomic E-state index is 12.1. The van der Waals surface area contributed by atoms with Gasteiger partial charge in [0.2, 0.25) is 0 Å². The second kappa shape index (κ2) is 4.63. The van der Waals surface area contributed by atoms with Crippen molar-refractivity contribution in [2.45, 2.75) is 25.3 Å². The summed E-state index contributed by atoms with van der Waals surface area (Å²) in [5.74, 6) is -0.235. The summed E-state index contributed by atoms with van der Waals surface area (Å²) in [7, 11) is 0. The van der Waals surface area contributed by atoms with E-state index in [-0.39, 0.29) is 12.5 Å². The Kier molecular flexibility index (Phi) is 3.19. The molecule has 0 bridgehead atoms. The van der Waals surface area contributed by atoms with Gasteiger partial charge in [-0.15, -0.1) is 0 Å². The minimum absolute atomic E-state index is 0.0710. The van der Waals surface area contributed by atoms with Gasteiger partial charge in [0.25, 0.3) is 5.91 Å². The van der Waals surface area contributed by atoms with Gasteiger partial charge in [-0.25, -0.2) is 9.97 Å². The van der Waals surface area contributed by atoms with Gasteiger partial charge in [0.05, 0.1) is 23.4 Å². The van der Waals surface area contributed by atoms with Crippen molar-refractivity contribution >= 4 is 5.91 Å². The third kappa shape index (κ3) is 2.34. The van der Waals surface area contributed by atoms with Crippen LogP contribution >= 0.6 is 0 Å². The minimum Gasteiger partial charge on any atom is -0.394 e. The number of hydrogen-bond acceptors (Lipinski definition) is 4. The molecule has 0 aliphatic heterocycles.